The molecule has 1 fully saturated rings. The number of carbonyl (C=O) groups is 2. The van der Waals surface area contributed by atoms with E-state index >= 15 is 0 Å². The Morgan fingerprint density at radius 1 is 1.04 bits per heavy atom. The van der Waals surface area contributed by atoms with E-state index in [1.165, 1.54) is 5.56 Å². The van der Waals surface area contributed by atoms with E-state index in [9.17, 15) is 9.59 Å². The fourth-order valence-corrected chi connectivity index (χ4v) is 2.90. The third-order valence-electron chi connectivity index (χ3n) is 4.43. The van der Waals surface area contributed by atoms with Gasteiger partial charge < -0.3 is 10.2 Å². The third kappa shape index (κ3) is 3.65. The third-order valence-corrected chi connectivity index (χ3v) is 4.43. The first-order valence-electron chi connectivity index (χ1n) is 8.23. The number of hydrogen-bond donors (Lipinski definition) is 1. The van der Waals surface area contributed by atoms with Crippen molar-refractivity contribution in [3.05, 3.63) is 65.2 Å². The first-order valence-corrected chi connectivity index (χ1v) is 8.23. The van der Waals surface area contributed by atoms with E-state index in [0.717, 1.165) is 16.8 Å². The van der Waals surface area contributed by atoms with Crippen LogP contribution in [0.2, 0.25) is 0 Å². The minimum absolute atomic E-state index is 0.00865. The van der Waals surface area contributed by atoms with Crippen LogP contribution in [0.5, 0.6) is 0 Å². The van der Waals surface area contributed by atoms with Gasteiger partial charge in [-0.05, 0) is 31.5 Å². The van der Waals surface area contributed by atoms with E-state index in [0.29, 0.717) is 13.1 Å². The lowest BCUT2D eigenvalue weighted by molar-refractivity contribution is -0.126. The van der Waals surface area contributed by atoms with Gasteiger partial charge in [0, 0.05) is 25.2 Å². The molecular formula is C20H22N2O2. The first-order chi connectivity index (χ1) is 11.5. The molecular weight excluding hydrogens is 300 g/mol. The summed E-state index contributed by atoms with van der Waals surface area (Å²) in [6, 6.07) is 15.9. The highest BCUT2D eigenvalue weighted by Gasteiger charge is 2.34. The number of benzene rings is 2. The molecule has 4 heteroatoms. The smallest absolute Gasteiger partial charge is 0.227 e. The van der Waals surface area contributed by atoms with Crippen molar-refractivity contribution in [2.45, 2.75) is 26.8 Å². The SMILES string of the molecule is Cc1ccc(CNC(=O)[C@@H]2CC(=O)N(c3ccc(C)cc3)C2)cc1. The van der Waals surface area contributed by atoms with Crippen molar-refractivity contribution in [2.75, 3.05) is 11.4 Å². The predicted octanol–water partition coefficient (Wildman–Crippen LogP) is 2.97. The Kier molecular flexibility index (Phi) is 4.65. The van der Waals surface area contributed by atoms with Crippen LogP contribution in [-0.4, -0.2) is 18.4 Å². The minimum Gasteiger partial charge on any atom is -0.352 e. The number of amides is 2. The molecule has 1 aliphatic heterocycles. The van der Waals surface area contributed by atoms with Crippen molar-refractivity contribution in [3.8, 4) is 0 Å². The van der Waals surface area contributed by atoms with Crippen molar-refractivity contribution in [3.63, 3.8) is 0 Å². The summed E-state index contributed by atoms with van der Waals surface area (Å²) in [7, 11) is 0. The van der Waals surface area contributed by atoms with Gasteiger partial charge in [0.2, 0.25) is 11.8 Å². The predicted molar refractivity (Wildman–Crippen MR) is 94.7 cm³/mol. The van der Waals surface area contributed by atoms with E-state index in [-0.39, 0.29) is 24.2 Å². The van der Waals surface area contributed by atoms with Crippen LogP contribution in [0.3, 0.4) is 0 Å². The molecule has 1 saturated heterocycles. The summed E-state index contributed by atoms with van der Waals surface area (Å²) in [5.41, 5.74) is 4.27. The Morgan fingerprint density at radius 2 is 1.62 bits per heavy atom. The Balaban J connectivity index is 1.59. The molecule has 1 atom stereocenters. The van der Waals surface area contributed by atoms with Gasteiger partial charge in [-0.3, -0.25) is 9.59 Å². The lowest BCUT2D eigenvalue weighted by Crippen LogP contribution is -2.32. The Morgan fingerprint density at radius 3 is 2.25 bits per heavy atom. The standard InChI is InChI=1S/C20H22N2O2/c1-14-3-7-16(8-4-14)12-21-20(24)17-11-19(23)22(13-17)18-9-5-15(2)6-10-18/h3-10,17H,11-13H2,1-2H3,(H,21,24)/t17-/m1/s1. The average molecular weight is 322 g/mol. The number of hydrogen-bond acceptors (Lipinski definition) is 2. The maximum Gasteiger partial charge on any atom is 0.227 e. The molecule has 0 saturated carbocycles. The van der Waals surface area contributed by atoms with Crippen LogP contribution < -0.4 is 10.2 Å². The molecule has 4 nitrogen and oxygen atoms in total. The molecule has 0 bridgehead atoms. The van der Waals surface area contributed by atoms with Gasteiger partial charge in [0.05, 0.1) is 5.92 Å². The highest BCUT2D eigenvalue weighted by Crippen LogP contribution is 2.25. The Labute approximate surface area is 142 Å². The number of aryl methyl sites for hydroxylation is 2. The van der Waals surface area contributed by atoms with Gasteiger partial charge >= 0.3 is 0 Å². The van der Waals surface area contributed by atoms with Crippen LogP contribution in [0.1, 0.15) is 23.1 Å². The van der Waals surface area contributed by atoms with Crippen molar-refractivity contribution < 1.29 is 9.59 Å². The molecule has 0 unspecified atom stereocenters. The molecule has 124 valence electrons. The molecule has 3 rings (SSSR count). The lowest BCUT2D eigenvalue weighted by Gasteiger charge is -2.17. The highest BCUT2D eigenvalue weighted by molar-refractivity contribution is 6.00. The molecule has 1 heterocycles. The van der Waals surface area contributed by atoms with Crippen molar-refractivity contribution >= 4 is 17.5 Å². The van der Waals surface area contributed by atoms with Crippen molar-refractivity contribution in [1.29, 1.82) is 0 Å². The van der Waals surface area contributed by atoms with Crippen LogP contribution in [0.25, 0.3) is 0 Å². The fourth-order valence-electron chi connectivity index (χ4n) is 2.90. The minimum atomic E-state index is -0.288. The largest absolute Gasteiger partial charge is 0.352 e. The van der Waals surface area contributed by atoms with Gasteiger partial charge in [-0.1, -0.05) is 47.5 Å². The molecule has 0 radical (unpaired) electrons. The van der Waals surface area contributed by atoms with E-state index in [1.807, 2.05) is 62.4 Å². The van der Waals surface area contributed by atoms with Crippen molar-refractivity contribution in [1.82, 2.24) is 5.32 Å². The van der Waals surface area contributed by atoms with Crippen LogP contribution in [-0.2, 0) is 16.1 Å². The van der Waals surface area contributed by atoms with Gasteiger partial charge in [0.15, 0.2) is 0 Å². The van der Waals surface area contributed by atoms with Crippen LogP contribution in [0.4, 0.5) is 5.69 Å². The van der Waals surface area contributed by atoms with E-state index < -0.39 is 0 Å². The topological polar surface area (TPSA) is 49.4 Å². The molecule has 2 amide bonds. The van der Waals surface area contributed by atoms with E-state index in [1.54, 1.807) is 4.90 Å². The summed E-state index contributed by atoms with van der Waals surface area (Å²) in [6.07, 6.45) is 0.271. The zero-order valence-corrected chi connectivity index (χ0v) is 14.1. The fraction of sp³-hybridized carbons (Fsp3) is 0.300. The number of nitrogens with zero attached hydrogens (tertiary/aromatic N) is 1. The summed E-state index contributed by atoms with van der Waals surface area (Å²) in [5, 5.41) is 2.94. The van der Waals surface area contributed by atoms with Gasteiger partial charge in [0.1, 0.15) is 0 Å². The number of carbonyl (C=O) groups excluding carboxylic acids is 2. The Bertz CT molecular complexity index is 735. The van der Waals surface area contributed by atoms with Gasteiger partial charge in [-0.2, -0.15) is 0 Å². The van der Waals surface area contributed by atoms with Gasteiger partial charge in [0.25, 0.3) is 0 Å². The molecule has 0 spiro atoms. The Hall–Kier alpha value is -2.62. The summed E-state index contributed by atoms with van der Waals surface area (Å²) in [5.74, 6) is -0.336. The van der Waals surface area contributed by atoms with E-state index in [2.05, 4.69) is 5.32 Å². The van der Waals surface area contributed by atoms with E-state index in [4.69, 9.17) is 0 Å². The number of rotatable bonds is 4. The molecule has 0 aliphatic carbocycles. The normalized spacial score (nSPS) is 17.2. The second kappa shape index (κ2) is 6.87. The number of nitrogens with one attached hydrogen (secondary N) is 1. The lowest BCUT2D eigenvalue weighted by atomic mass is 10.1. The molecule has 0 aromatic heterocycles. The maximum absolute atomic E-state index is 12.4. The second-order valence-electron chi connectivity index (χ2n) is 6.44. The second-order valence-corrected chi connectivity index (χ2v) is 6.44. The quantitative estimate of drug-likeness (QED) is 0.941. The van der Waals surface area contributed by atoms with Crippen molar-refractivity contribution in [2.24, 2.45) is 5.92 Å². The monoisotopic (exact) mass is 322 g/mol. The number of anilines is 1. The molecule has 2 aromatic carbocycles. The summed E-state index contributed by atoms with van der Waals surface area (Å²) >= 11 is 0. The van der Waals surface area contributed by atoms with Gasteiger partial charge in [-0.25, -0.2) is 0 Å². The average Bonchev–Trinajstić information content (AvgIpc) is 2.97. The molecule has 1 N–H and O–H groups in total. The van der Waals surface area contributed by atoms with Crippen LogP contribution >= 0.6 is 0 Å². The molecule has 2 aromatic rings. The highest BCUT2D eigenvalue weighted by atomic mass is 16.2. The summed E-state index contributed by atoms with van der Waals surface area (Å²) in [4.78, 5) is 26.3. The maximum atomic E-state index is 12.4. The van der Waals surface area contributed by atoms with Crippen LogP contribution in [0.15, 0.2) is 48.5 Å². The molecule has 24 heavy (non-hydrogen) atoms. The van der Waals surface area contributed by atoms with Crippen LogP contribution in [0, 0.1) is 19.8 Å². The zero-order chi connectivity index (χ0) is 17.1. The molecule has 1 aliphatic rings. The summed E-state index contributed by atoms with van der Waals surface area (Å²) in [6.45, 7) is 4.99. The van der Waals surface area contributed by atoms with Gasteiger partial charge in [-0.15, -0.1) is 0 Å². The first kappa shape index (κ1) is 16.2. The zero-order valence-electron chi connectivity index (χ0n) is 14.1. The summed E-state index contributed by atoms with van der Waals surface area (Å²) < 4.78 is 0.